The average Bonchev–Trinajstić information content (AvgIpc) is 2.55. The van der Waals surface area contributed by atoms with Gasteiger partial charge in [-0.2, -0.15) is 13.2 Å². The third kappa shape index (κ3) is 5.07. The van der Waals surface area contributed by atoms with E-state index in [1.54, 1.807) is 7.11 Å². The van der Waals surface area contributed by atoms with Gasteiger partial charge in [-0.15, -0.1) is 0 Å². The number of nitrogen functional groups attached to an aromatic ring is 1. The highest BCUT2D eigenvalue weighted by molar-refractivity contribution is 6.33. The number of methoxy groups -OCH3 is 1. The van der Waals surface area contributed by atoms with Crippen LogP contribution in [-0.4, -0.2) is 35.2 Å². The normalized spacial score (nSPS) is 11.4. The van der Waals surface area contributed by atoms with Crippen LogP contribution in [0, 0.1) is 0 Å². The van der Waals surface area contributed by atoms with Crippen LogP contribution in [0.1, 0.15) is 12.0 Å². The van der Waals surface area contributed by atoms with Crippen molar-refractivity contribution in [2.24, 2.45) is 0 Å². The molecule has 2 rings (SSSR count). The fourth-order valence-electron chi connectivity index (χ4n) is 1.86. The Morgan fingerprint density at radius 1 is 1.20 bits per heavy atom. The van der Waals surface area contributed by atoms with Crippen molar-refractivity contribution in [3.8, 4) is 0 Å². The van der Waals surface area contributed by atoms with Crippen LogP contribution in [0.15, 0.2) is 18.6 Å². The Morgan fingerprint density at radius 2 is 1.92 bits per heavy atom. The number of anilines is 4. The molecule has 0 amide bonds. The van der Waals surface area contributed by atoms with Crippen molar-refractivity contribution in [2.45, 2.75) is 12.6 Å². The number of halogens is 4. The number of hydrogen-bond acceptors (Lipinski definition) is 7. The summed E-state index contributed by atoms with van der Waals surface area (Å²) < 4.78 is 42.9. The van der Waals surface area contributed by atoms with Crippen LogP contribution in [0.4, 0.5) is 36.3 Å². The highest BCUT2D eigenvalue weighted by Gasteiger charge is 2.31. The highest BCUT2D eigenvalue weighted by atomic mass is 35.5. The summed E-state index contributed by atoms with van der Waals surface area (Å²) in [5.41, 5.74) is 5.21. The van der Waals surface area contributed by atoms with Crippen LogP contribution in [0.3, 0.4) is 0 Å². The minimum atomic E-state index is -4.53. The number of ether oxygens (including phenoxy) is 1. The van der Waals surface area contributed by atoms with E-state index in [1.165, 1.54) is 6.33 Å². The third-order valence-electron chi connectivity index (χ3n) is 3.11. The Hall–Kier alpha value is -2.33. The van der Waals surface area contributed by atoms with E-state index in [4.69, 9.17) is 22.1 Å². The predicted octanol–water partition coefficient (Wildman–Crippen LogP) is 3.32. The Bertz CT molecular complexity index is 728. The zero-order chi connectivity index (χ0) is 18.4. The second-order valence-corrected chi connectivity index (χ2v) is 5.34. The molecule has 2 aromatic rings. The molecule has 0 aliphatic rings. The number of rotatable bonds is 7. The predicted molar refractivity (Wildman–Crippen MR) is 89.0 cm³/mol. The average molecular weight is 377 g/mol. The van der Waals surface area contributed by atoms with Crippen molar-refractivity contribution >= 4 is 34.7 Å². The lowest BCUT2D eigenvalue weighted by molar-refractivity contribution is -0.137. The van der Waals surface area contributed by atoms with Gasteiger partial charge in [0.05, 0.1) is 10.6 Å². The summed E-state index contributed by atoms with van der Waals surface area (Å²) in [6, 6.07) is 0.776. The molecule has 25 heavy (non-hydrogen) atoms. The molecule has 0 aromatic carbocycles. The zero-order valence-electron chi connectivity index (χ0n) is 13.2. The van der Waals surface area contributed by atoms with Gasteiger partial charge >= 0.3 is 6.18 Å². The van der Waals surface area contributed by atoms with Crippen LogP contribution in [0.5, 0.6) is 0 Å². The maximum absolute atomic E-state index is 12.6. The summed E-state index contributed by atoms with van der Waals surface area (Å²) in [7, 11) is 1.60. The van der Waals surface area contributed by atoms with Gasteiger partial charge in [0.25, 0.3) is 0 Å². The summed E-state index contributed by atoms with van der Waals surface area (Å²) >= 11 is 5.86. The fourth-order valence-corrected chi connectivity index (χ4v) is 2.07. The minimum absolute atomic E-state index is 0.00500. The zero-order valence-corrected chi connectivity index (χ0v) is 13.9. The molecule has 7 nitrogen and oxygen atoms in total. The molecule has 0 spiro atoms. The summed E-state index contributed by atoms with van der Waals surface area (Å²) in [5.74, 6) is 0.570. The van der Waals surface area contributed by atoms with E-state index in [9.17, 15) is 13.2 Å². The van der Waals surface area contributed by atoms with Crippen molar-refractivity contribution in [2.75, 3.05) is 36.6 Å². The summed E-state index contributed by atoms with van der Waals surface area (Å²) in [6.45, 7) is 1.15. The summed E-state index contributed by atoms with van der Waals surface area (Å²) in [4.78, 5) is 11.7. The van der Waals surface area contributed by atoms with Gasteiger partial charge < -0.3 is 21.1 Å². The lowest BCUT2D eigenvalue weighted by atomic mass is 10.2. The molecule has 0 radical (unpaired) electrons. The fraction of sp³-hybridized carbons (Fsp3) is 0.357. The number of nitrogens with one attached hydrogen (secondary N) is 2. The number of aromatic nitrogens is 3. The Labute approximate surface area is 146 Å². The van der Waals surface area contributed by atoms with E-state index in [2.05, 4.69) is 25.6 Å². The van der Waals surface area contributed by atoms with Crippen molar-refractivity contribution in [3.63, 3.8) is 0 Å². The maximum Gasteiger partial charge on any atom is 0.417 e. The quantitative estimate of drug-likeness (QED) is 0.637. The van der Waals surface area contributed by atoms with Gasteiger partial charge in [0.15, 0.2) is 11.6 Å². The van der Waals surface area contributed by atoms with Gasteiger partial charge in [0, 0.05) is 26.5 Å². The molecule has 0 fully saturated rings. The van der Waals surface area contributed by atoms with E-state index in [1.807, 2.05) is 0 Å². The molecule has 0 bridgehead atoms. The van der Waals surface area contributed by atoms with Crippen molar-refractivity contribution in [1.82, 2.24) is 15.0 Å². The number of hydrogen-bond donors (Lipinski definition) is 3. The Kier molecular flexibility index (Phi) is 6.21. The number of nitrogens with two attached hydrogens (primary N) is 1. The maximum atomic E-state index is 12.6. The first-order chi connectivity index (χ1) is 11.8. The second kappa shape index (κ2) is 8.17. The van der Waals surface area contributed by atoms with E-state index in [0.717, 1.165) is 12.5 Å². The van der Waals surface area contributed by atoms with Crippen LogP contribution >= 0.6 is 11.6 Å². The summed E-state index contributed by atoms with van der Waals surface area (Å²) in [5, 5.41) is 5.52. The molecule has 0 saturated heterocycles. The molecular formula is C14H16ClF3N6O. The number of alkyl halides is 3. The minimum Gasteiger partial charge on any atom is -0.393 e. The molecule has 0 unspecified atom stereocenters. The van der Waals surface area contributed by atoms with Crippen LogP contribution in [0.25, 0.3) is 0 Å². The smallest absolute Gasteiger partial charge is 0.393 e. The molecule has 0 aliphatic carbocycles. The third-order valence-corrected chi connectivity index (χ3v) is 3.40. The largest absolute Gasteiger partial charge is 0.417 e. The van der Waals surface area contributed by atoms with Crippen molar-refractivity contribution in [3.05, 3.63) is 29.2 Å². The van der Waals surface area contributed by atoms with Crippen LogP contribution in [-0.2, 0) is 10.9 Å². The Morgan fingerprint density at radius 3 is 2.56 bits per heavy atom. The van der Waals surface area contributed by atoms with Gasteiger partial charge in [-0.1, -0.05) is 11.6 Å². The molecular weight excluding hydrogens is 361 g/mol. The first kappa shape index (κ1) is 19.0. The molecule has 4 N–H and O–H groups in total. The van der Waals surface area contributed by atoms with E-state index in [-0.39, 0.29) is 22.3 Å². The summed E-state index contributed by atoms with van der Waals surface area (Å²) in [6.07, 6.45) is -1.85. The van der Waals surface area contributed by atoms with Gasteiger partial charge in [0.1, 0.15) is 17.8 Å². The van der Waals surface area contributed by atoms with Gasteiger partial charge in [-0.05, 0) is 12.5 Å². The SMILES string of the molecule is COCCCNc1ncnc(Nc2ncc(C(F)(F)F)cc2Cl)c1N. The molecule has 2 heterocycles. The number of nitrogens with zero attached hydrogens (tertiary/aromatic N) is 3. The molecule has 0 saturated carbocycles. The lowest BCUT2D eigenvalue weighted by Crippen LogP contribution is -2.11. The molecule has 0 atom stereocenters. The van der Waals surface area contributed by atoms with E-state index < -0.39 is 11.7 Å². The second-order valence-electron chi connectivity index (χ2n) is 4.93. The molecule has 2 aromatic heterocycles. The Balaban J connectivity index is 2.15. The van der Waals surface area contributed by atoms with Gasteiger partial charge in [0.2, 0.25) is 0 Å². The number of pyridine rings is 1. The molecule has 136 valence electrons. The lowest BCUT2D eigenvalue weighted by Gasteiger charge is -2.13. The van der Waals surface area contributed by atoms with Gasteiger partial charge in [-0.3, -0.25) is 0 Å². The topological polar surface area (TPSA) is 98.0 Å². The monoisotopic (exact) mass is 376 g/mol. The van der Waals surface area contributed by atoms with Gasteiger partial charge in [-0.25, -0.2) is 15.0 Å². The van der Waals surface area contributed by atoms with E-state index in [0.29, 0.717) is 25.2 Å². The van der Waals surface area contributed by atoms with Crippen molar-refractivity contribution in [1.29, 1.82) is 0 Å². The molecule has 0 aliphatic heterocycles. The first-order valence-electron chi connectivity index (χ1n) is 7.16. The van der Waals surface area contributed by atoms with Crippen molar-refractivity contribution < 1.29 is 17.9 Å². The first-order valence-corrected chi connectivity index (χ1v) is 7.53. The van der Waals surface area contributed by atoms with Crippen LogP contribution in [0.2, 0.25) is 5.02 Å². The van der Waals surface area contributed by atoms with E-state index >= 15 is 0 Å². The standard InChI is InChI=1S/C14H16ClF3N6O/c1-25-4-2-3-20-12-10(19)13(23-7-22-12)24-11-9(15)5-8(6-21-11)14(16,17)18/h5-7H,2-4,19H2,1H3,(H2,20,21,22,23,24). The molecule has 11 heteroatoms. The van der Waals surface area contributed by atoms with Crippen LogP contribution < -0.4 is 16.4 Å². The highest BCUT2D eigenvalue weighted by Crippen LogP contribution is 2.34.